The molecule has 2 aromatic heterocycles. The van der Waals surface area contributed by atoms with E-state index in [1.54, 1.807) is 16.0 Å². The highest BCUT2D eigenvalue weighted by Gasteiger charge is 2.32. The summed E-state index contributed by atoms with van der Waals surface area (Å²) in [7, 11) is 1.90. The summed E-state index contributed by atoms with van der Waals surface area (Å²) in [5, 5.41) is 17.2. The first-order chi connectivity index (χ1) is 17.0. The zero-order valence-electron chi connectivity index (χ0n) is 20.7. The second-order valence-corrected chi connectivity index (χ2v) is 11.3. The number of hydrogen-bond acceptors (Lipinski definition) is 5. The number of aromatic nitrogens is 3. The number of aliphatic carboxylic acids is 1. The highest BCUT2D eigenvalue weighted by Crippen LogP contribution is 2.45. The van der Waals surface area contributed by atoms with Gasteiger partial charge in [0.15, 0.2) is 6.10 Å². The van der Waals surface area contributed by atoms with Gasteiger partial charge in [-0.1, -0.05) is 35.9 Å². The number of fused-ring (bicyclic) bond motifs is 2. The molecule has 0 saturated carbocycles. The molecular weight excluding hydrogens is 494 g/mol. The lowest BCUT2D eigenvalue weighted by atomic mass is 9.91. The van der Waals surface area contributed by atoms with E-state index in [2.05, 4.69) is 5.10 Å². The van der Waals surface area contributed by atoms with Crippen LogP contribution in [-0.2, 0) is 16.6 Å². The lowest BCUT2D eigenvalue weighted by molar-refractivity contribution is -0.160. The molecule has 36 heavy (non-hydrogen) atoms. The summed E-state index contributed by atoms with van der Waals surface area (Å²) in [6.45, 7) is 7.49. The van der Waals surface area contributed by atoms with Gasteiger partial charge in [-0.2, -0.15) is 5.10 Å². The van der Waals surface area contributed by atoms with Gasteiger partial charge in [-0.15, -0.1) is 11.3 Å². The number of rotatable bonds is 5. The molecule has 0 fully saturated rings. The van der Waals surface area contributed by atoms with Crippen molar-refractivity contribution in [3.63, 3.8) is 0 Å². The number of benzene rings is 3. The molecule has 3 aromatic carbocycles. The lowest BCUT2D eigenvalue weighted by Crippen LogP contribution is -2.28. The fourth-order valence-corrected chi connectivity index (χ4v) is 5.79. The van der Waals surface area contributed by atoms with Crippen molar-refractivity contribution in [3.8, 4) is 21.7 Å². The van der Waals surface area contributed by atoms with E-state index in [9.17, 15) is 9.90 Å². The van der Waals surface area contributed by atoms with E-state index >= 15 is 0 Å². The van der Waals surface area contributed by atoms with Crippen LogP contribution in [0.4, 0.5) is 0 Å². The van der Waals surface area contributed by atoms with Gasteiger partial charge in [-0.05, 0) is 63.1 Å². The summed E-state index contributed by atoms with van der Waals surface area (Å²) in [6.07, 6.45) is 0.845. The van der Waals surface area contributed by atoms with Crippen LogP contribution in [0.15, 0.2) is 54.7 Å². The number of ether oxygens (including phenoxy) is 1. The molecule has 0 radical (unpaired) electrons. The number of carbonyl (C=O) groups is 1. The topological polar surface area (TPSA) is 77.2 Å². The van der Waals surface area contributed by atoms with Gasteiger partial charge in [-0.25, -0.2) is 9.78 Å². The van der Waals surface area contributed by atoms with Gasteiger partial charge < -0.3 is 9.84 Å². The number of carboxylic acids is 1. The third-order valence-electron chi connectivity index (χ3n) is 5.91. The van der Waals surface area contributed by atoms with Crippen molar-refractivity contribution >= 4 is 50.0 Å². The van der Waals surface area contributed by atoms with Crippen LogP contribution in [0, 0.1) is 6.92 Å². The van der Waals surface area contributed by atoms with E-state index in [0.29, 0.717) is 10.6 Å². The minimum absolute atomic E-state index is 0.609. The molecule has 8 heteroatoms. The van der Waals surface area contributed by atoms with E-state index in [1.807, 2.05) is 89.5 Å². The van der Waals surface area contributed by atoms with Crippen molar-refractivity contribution in [2.24, 2.45) is 7.05 Å². The van der Waals surface area contributed by atoms with E-state index in [-0.39, 0.29) is 0 Å². The molecule has 0 aliphatic heterocycles. The highest BCUT2D eigenvalue weighted by atomic mass is 35.5. The van der Waals surface area contributed by atoms with E-state index in [0.717, 1.165) is 48.4 Å². The van der Waals surface area contributed by atoms with Crippen LogP contribution in [-0.4, -0.2) is 31.4 Å². The van der Waals surface area contributed by atoms with Gasteiger partial charge in [0.2, 0.25) is 0 Å². The third-order valence-corrected chi connectivity index (χ3v) is 7.29. The number of thiazole rings is 1. The molecule has 0 spiro atoms. The van der Waals surface area contributed by atoms with Crippen LogP contribution in [0.25, 0.3) is 42.8 Å². The Bertz CT molecular complexity index is 1610. The zero-order chi connectivity index (χ0) is 25.8. The Labute approximate surface area is 218 Å². The predicted octanol–water partition coefficient (Wildman–Crippen LogP) is 7.42. The Kier molecular flexibility index (Phi) is 6.11. The van der Waals surface area contributed by atoms with E-state index in [4.69, 9.17) is 21.3 Å². The summed E-state index contributed by atoms with van der Waals surface area (Å²) in [4.78, 5) is 17.5. The average molecular weight is 520 g/mol. The lowest BCUT2D eigenvalue weighted by Gasteiger charge is -2.28. The van der Waals surface area contributed by atoms with Crippen LogP contribution >= 0.6 is 22.9 Å². The molecule has 1 N–H and O–H groups in total. The molecule has 0 aliphatic carbocycles. The molecule has 184 valence electrons. The first-order valence-corrected chi connectivity index (χ1v) is 12.7. The van der Waals surface area contributed by atoms with Crippen molar-refractivity contribution in [2.45, 2.75) is 39.4 Å². The Balaban J connectivity index is 1.82. The van der Waals surface area contributed by atoms with Crippen molar-refractivity contribution in [3.05, 3.63) is 70.9 Å². The maximum atomic E-state index is 12.5. The van der Waals surface area contributed by atoms with Crippen LogP contribution in [0.3, 0.4) is 0 Å². The second-order valence-electron chi connectivity index (χ2n) is 9.85. The van der Waals surface area contributed by atoms with Crippen LogP contribution < -0.4 is 0 Å². The summed E-state index contributed by atoms with van der Waals surface area (Å²) >= 11 is 7.73. The smallest absolute Gasteiger partial charge is 0.337 e. The number of hydrogen-bond donors (Lipinski definition) is 1. The Morgan fingerprint density at radius 1 is 1.14 bits per heavy atom. The largest absolute Gasteiger partial charge is 0.479 e. The summed E-state index contributed by atoms with van der Waals surface area (Å²) < 4.78 is 8.80. The SMILES string of the molecule is Cc1cc2nc(-c3cccc4nn(C)cc34)sc2c(-c2ccc(Cl)cc2)c1[C@H](OC(C)(C)C)C(=O)O. The van der Waals surface area contributed by atoms with Crippen molar-refractivity contribution in [2.75, 3.05) is 0 Å². The van der Waals surface area contributed by atoms with Gasteiger partial charge in [0.05, 0.1) is 21.3 Å². The summed E-state index contributed by atoms with van der Waals surface area (Å²) in [5.74, 6) is -1.03. The number of aryl methyl sites for hydroxylation is 2. The van der Waals surface area contributed by atoms with Gasteiger partial charge in [0.25, 0.3) is 0 Å². The standard InChI is InChI=1S/C28H26ClN3O3S/c1-15-13-21-25(36-26(30-21)18-7-6-8-20-19(18)14-32(5)31-20)23(16-9-11-17(29)12-10-16)22(15)24(27(33)34)35-28(2,3)4/h6-14,24H,1-5H3,(H,33,34)/t24-/m0/s1. The summed E-state index contributed by atoms with van der Waals surface area (Å²) in [5.41, 5.74) is 5.14. The van der Waals surface area contributed by atoms with Crippen LogP contribution in [0.5, 0.6) is 0 Å². The maximum Gasteiger partial charge on any atom is 0.337 e. The first-order valence-electron chi connectivity index (χ1n) is 11.5. The van der Waals surface area contributed by atoms with Gasteiger partial charge in [0.1, 0.15) is 5.01 Å². The molecule has 1 atom stereocenters. The molecule has 0 bridgehead atoms. The van der Waals surface area contributed by atoms with E-state index in [1.165, 1.54) is 0 Å². The zero-order valence-corrected chi connectivity index (χ0v) is 22.2. The fraction of sp³-hybridized carbons (Fsp3) is 0.250. The van der Waals surface area contributed by atoms with Crippen molar-refractivity contribution in [1.82, 2.24) is 14.8 Å². The second kappa shape index (κ2) is 9.00. The minimum Gasteiger partial charge on any atom is -0.479 e. The normalized spacial score (nSPS) is 12.9. The molecule has 5 aromatic rings. The quantitative estimate of drug-likeness (QED) is 0.261. The Morgan fingerprint density at radius 2 is 1.86 bits per heavy atom. The fourth-order valence-electron chi connectivity index (χ4n) is 4.50. The van der Waals surface area contributed by atoms with Crippen molar-refractivity contribution < 1.29 is 14.6 Å². The molecule has 0 saturated heterocycles. The number of carboxylic acid groups (broad SMARTS) is 1. The van der Waals surface area contributed by atoms with E-state index < -0.39 is 17.7 Å². The van der Waals surface area contributed by atoms with Gasteiger partial charge >= 0.3 is 5.97 Å². The molecule has 5 rings (SSSR count). The first kappa shape index (κ1) is 24.4. The molecule has 2 heterocycles. The summed E-state index contributed by atoms with van der Waals surface area (Å²) in [6, 6.07) is 15.4. The van der Waals surface area contributed by atoms with Crippen LogP contribution in [0.2, 0.25) is 5.02 Å². The molecular formula is C28H26ClN3O3S. The monoisotopic (exact) mass is 519 g/mol. The highest BCUT2D eigenvalue weighted by molar-refractivity contribution is 7.22. The molecule has 6 nitrogen and oxygen atoms in total. The molecule has 0 amide bonds. The Hall–Kier alpha value is -3.26. The van der Waals surface area contributed by atoms with Gasteiger partial charge in [-0.3, -0.25) is 4.68 Å². The molecule has 0 aliphatic rings. The number of nitrogens with zero attached hydrogens (tertiary/aromatic N) is 3. The minimum atomic E-state index is -1.15. The average Bonchev–Trinajstić information content (AvgIpc) is 3.38. The number of halogens is 1. The molecule has 0 unspecified atom stereocenters. The predicted molar refractivity (Wildman–Crippen MR) is 146 cm³/mol. The maximum absolute atomic E-state index is 12.5. The van der Waals surface area contributed by atoms with Gasteiger partial charge in [0, 0.05) is 40.3 Å². The Morgan fingerprint density at radius 3 is 2.53 bits per heavy atom. The third kappa shape index (κ3) is 4.50. The van der Waals surface area contributed by atoms with Crippen molar-refractivity contribution in [1.29, 1.82) is 0 Å². The van der Waals surface area contributed by atoms with Crippen LogP contribution in [0.1, 0.15) is 38.0 Å².